The van der Waals surface area contributed by atoms with Gasteiger partial charge in [-0.25, -0.2) is 4.98 Å². The summed E-state index contributed by atoms with van der Waals surface area (Å²) in [5, 5.41) is 0.686. The van der Waals surface area contributed by atoms with Gasteiger partial charge in [0.1, 0.15) is 9.35 Å². The number of piperazine rings is 1. The van der Waals surface area contributed by atoms with Gasteiger partial charge in [-0.1, -0.05) is 30.0 Å². The maximum absolute atomic E-state index is 12.3. The van der Waals surface area contributed by atoms with Crippen LogP contribution in [0.15, 0.2) is 24.4 Å². The van der Waals surface area contributed by atoms with Crippen molar-refractivity contribution in [3.05, 3.63) is 24.4 Å². The van der Waals surface area contributed by atoms with Crippen LogP contribution in [0.3, 0.4) is 0 Å². The maximum atomic E-state index is 12.3. The third-order valence-electron chi connectivity index (χ3n) is 3.55. The Morgan fingerprint density at radius 3 is 2.82 bits per heavy atom. The number of hydrogen-bond donors (Lipinski definition) is 0. The normalized spacial score (nSPS) is 22.2. The molecule has 2 fully saturated rings. The molecule has 118 valence electrons. The van der Waals surface area contributed by atoms with Crippen molar-refractivity contribution in [1.29, 1.82) is 0 Å². The van der Waals surface area contributed by atoms with Crippen LogP contribution < -0.4 is 4.90 Å². The first-order valence-electron chi connectivity index (χ1n) is 7.13. The number of anilines is 1. The number of thiocarbonyl (C=S) groups is 1. The van der Waals surface area contributed by atoms with E-state index >= 15 is 0 Å². The minimum absolute atomic E-state index is 0.198. The van der Waals surface area contributed by atoms with E-state index in [1.807, 2.05) is 29.3 Å². The quantitative estimate of drug-likeness (QED) is 0.755. The second kappa shape index (κ2) is 7.90. The highest BCUT2D eigenvalue weighted by Gasteiger charge is 2.25. The van der Waals surface area contributed by atoms with Gasteiger partial charge in [-0.3, -0.25) is 4.79 Å². The highest BCUT2D eigenvalue weighted by atomic mass is 32.2. The molecule has 0 bridgehead atoms. The van der Waals surface area contributed by atoms with E-state index in [2.05, 4.69) is 9.88 Å². The van der Waals surface area contributed by atoms with Crippen LogP contribution >= 0.6 is 47.5 Å². The molecule has 1 unspecified atom stereocenters. The fourth-order valence-corrected chi connectivity index (χ4v) is 6.48. The Morgan fingerprint density at radius 2 is 2.18 bits per heavy atom. The van der Waals surface area contributed by atoms with Crippen LogP contribution in [-0.4, -0.2) is 61.6 Å². The fourth-order valence-electron chi connectivity index (χ4n) is 2.36. The standard InChI is InChI=1S/C14H17N3OS4/c18-13(20-9-11-10-21-14(19)22-11)17-7-5-16(6-8-17)12-3-1-2-4-15-12/h1-4,11H,5-10H2. The zero-order valence-corrected chi connectivity index (χ0v) is 15.3. The lowest BCUT2D eigenvalue weighted by Gasteiger charge is -2.35. The van der Waals surface area contributed by atoms with Gasteiger partial charge in [0.2, 0.25) is 0 Å². The maximum Gasteiger partial charge on any atom is 0.281 e. The molecule has 1 aromatic heterocycles. The predicted octanol–water partition coefficient (Wildman–Crippen LogP) is 3.19. The Kier molecular flexibility index (Phi) is 5.89. The monoisotopic (exact) mass is 371 g/mol. The smallest absolute Gasteiger partial charge is 0.281 e. The topological polar surface area (TPSA) is 36.4 Å². The molecule has 1 amide bonds. The van der Waals surface area contributed by atoms with Crippen molar-refractivity contribution in [2.24, 2.45) is 0 Å². The molecule has 1 atom stereocenters. The Morgan fingerprint density at radius 1 is 1.36 bits per heavy atom. The lowest BCUT2D eigenvalue weighted by Crippen LogP contribution is -2.48. The molecule has 1 aromatic rings. The van der Waals surface area contributed by atoms with Crippen LogP contribution in [0.1, 0.15) is 0 Å². The van der Waals surface area contributed by atoms with Gasteiger partial charge in [0, 0.05) is 49.1 Å². The molecule has 2 aliphatic rings. The van der Waals surface area contributed by atoms with Gasteiger partial charge in [0.05, 0.1) is 0 Å². The van der Waals surface area contributed by atoms with E-state index in [1.165, 1.54) is 11.8 Å². The van der Waals surface area contributed by atoms with Gasteiger partial charge in [0.25, 0.3) is 5.24 Å². The first-order valence-corrected chi connectivity index (χ1v) is 10.4. The molecule has 8 heteroatoms. The summed E-state index contributed by atoms with van der Waals surface area (Å²) >= 11 is 10.1. The summed E-state index contributed by atoms with van der Waals surface area (Å²) in [7, 11) is 0. The molecule has 0 spiro atoms. The second-order valence-corrected chi connectivity index (χ2v) is 9.54. The van der Waals surface area contributed by atoms with Gasteiger partial charge >= 0.3 is 0 Å². The summed E-state index contributed by atoms with van der Waals surface area (Å²) in [6.07, 6.45) is 1.81. The number of carbonyl (C=O) groups is 1. The summed E-state index contributed by atoms with van der Waals surface area (Å²) in [5.41, 5.74) is 0. The van der Waals surface area contributed by atoms with E-state index in [9.17, 15) is 4.79 Å². The van der Waals surface area contributed by atoms with E-state index < -0.39 is 0 Å². The lowest BCUT2D eigenvalue weighted by atomic mass is 10.3. The summed E-state index contributed by atoms with van der Waals surface area (Å²) in [5.74, 6) is 2.89. The van der Waals surface area contributed by atoms with E-state index in [1.54, 1.807) is 23.5 Å². The minimum atomic E-state index is 0.198. The summed E-state index contributed by atoms with van der Waals surface area (Å²) in [4.78, 5) is 20.8. The zero-order valence-electron chi connectivity index (χ0n) is 12.0. The molecule has 0 saturated carbocycles. The zero-order chi connectivity index (χ0) is 15.4. The number of nitrogens with zero attached hydrogens (tertiary/aromatic N) is 3. The Balaban J connectivity index is 1.43. The molecule has 0 aromatic carbocycles. The number of aromatic nitrogens is 1. The van der Waals surface area contributed by atoms with Crippen molar-refractivity contribution >= 4 is 62.1 Å². The third kappa shape index (κ3) is 4.31. The number of pyridine rings is 1. The largest absolute Gasteiger partial charge is 0.353 e. The van der Waals surface area contributed by atoms with Crippen LogP contribution in [0.4, 0.5) is 10.6 Å². The van der Waals surface area contributed by atoms with Gasteiger partial charge in [-0.2, -0.15) is 0 Å². The summed E-state index contributed by atoms with van der Waals surface area (Å²) < 4.78 is 1.02. The van der Waals surface area contributed by atoms with Crippen LogP contribution in [0.2, 0.25) is 0 Å². The van der Waals surface area contributed by atoms with E-state index in [0.717, 1.165) is 47.0 Å². The first-order chi connectivity index (χ1) is 10.7. The van der Waals surface area contributed by atoms with E-state index in [-0.39, 0.29) is 5.24 Å². The number of amides is 1. The molecule has 0 N–H and O–H groups in total. The molecule has 0 aliphatic carbocycles. The number of hydrogen-bond acceptors (Lipinski definition) is 7. The SMILES string of the molecule is O=C(SCC1CSC(=S)S1)N1CCN(c2ccccn2)CC1. The van der Waals surface area contributed by atoms with E-state index in [4.69, 9.17) is 12.2 Å². The number of carbonyl (C=O) groups excluding carboxylic acids is 1. The van der Waals surface area contributed by atoms with Crippen molar-refractivity contribution in [2.45, 2.75) is 5.25 Å². The Labute approximate surface area is 148 Å². The Hall–Kier alpha value is -0.440. The van der Waals surface area contributed by atoms with Gasteiger partial charge in [0.15, 0.2) is 0 Å². The molecule has 2 saturated heterocycles. The predicted molar refractivity (Wildman–Crippen MR) is 102 cm³/mol. The molecule has 3 heterocycles. The first kappa shape index (κ1) is 16.4. The minimum Gasteiger partial charge on any atom is -0.353 e. The van der Waals surface area contributed by atoms with Crippen molar-refractivity contribution in [1.82, 2.24) is 9.88 Å². The van der Waals surface area contributed by atoms with Crippen molar-refractivity contribution in [3.63, 3.8) is 0 Å². The highest BCUT2D eigenvalue weighted by molar-refractivity contribution is 8.49. The molecule has 22 heavy (non-hydrogen) atoms. The molecule has 2 aliphatic heterocycles. The van der Waals surface area contributed by atoms with Gasteiger partial charge < -0.3 is 9.80 Å². The number of rotatable bonds is 3. The average Bonchev–Trinajstić information content (AvgIpc) is 2.99. The average molecular weight is 372 g/mol. The third-order valence-corrected chi connectivity index (χ3v) is 8.00. The Bertz CT molecular complexity index is 534. The van der Waals surface area contributed by atoms with Crippen LogP contribution in [0.25, 0.3) is 0 Å². The van der Waals surface area contributed by atoms with Crippen LogP contribution in [-0.2, 0) is 0 Å². The fraction of sp³-hybridized carbons (Fsp3) is 0.500. The molecule has 0 radical (unpaired) electrons. The van der Waals surface area contributed by atoms with Crippen molar-refractivity contribution < 1.29 is 4.79 Å². The molecular formula is C14H17N3OS4. The summed E-state index contributed by atoms with van der Waals surface area (Å²) in [6.45, 7) is 3.24. The highest BCUT2D eigenvalue weighted by Crippen LogP contribution is 2.35. The molecule has 4 nitrogen and oxygen atoms in total. The van der Waals surface area contributed by atoms with Crippen molar-refractivity contribution in [3.8, 4) is 0 Å². The number of thioether (sulfide) groups is 3. The van der Waals surface area contributed by atoms with Crippen LogP contribution in [0, 0.1) is 0 Å². The lowest BCUT2D eigenvalue weighted by molar-refractivity contribution is 0.219. The van der Waals surface area contributed by atoms with E-state index in [0.29, 0.717) is 5.25 Å². The van der Waals surface area contributed by atoms with Gasteiger partial charge in [-0.15, -0.1) is 23.5 Å². The van der Waals surface area contributed by atoms with Crippen LogP contribution in [0.5, 0.6) is 0 Å². The van der Waals surface area contributed by atoms with Crippen molar-refractivity contribution in [2.75, 3.05) is 42.6 Å². The summed E-state index contributed by atoms with van der Waals surface area (Å²) in [6, 6.07) is 5.94. The second-order valence-electron chi connectivity index (χ2n) is 5.04. The molecular weight excluding hydrogens is 354 g/mol. The molecule has 3 rings (SSSR count). The van der Waals surface area contributed by atoms with Gasteiger partial charge in [-0.05, 0) is 12.1 Å².